The highest BCUT2D eigenvalue weighted by Crippen LogP contribution is 2.34. The molecule has 1 aromatic carbocycles. The van der Waals surface area contributed by atoms with Crippen molar-refractivity contribution < 1.29 is 4.39 Å². The van der Waals surface area contributed by atoms with E-state index in [0.29, 0.717) is 22.3 Å². The van der Waals surface area contributed by atoms with E-state index in [2.05, 4.69) is 27.7 Å². The highest BCUT2D eigenvalue weighted by molar-refractivity contribution is 7.84. The fourth-order valence-electron chi connectivity index (χ4n) is 2.99. The predicted molar refractivity (Wildman–Crippen MR) is 113 cm³/mol. The Bertz CT molecular complexity index is 1050. The van der Waals surface area contributed by atoms with Crippen LogP contribution in [0.5, 0.6) is 0 Å². The molecule has 27 heavy (non-hydrogen) atoms. The summed E-state index contributed by atoms with van der Waals surface area (Å²) in [7, 11) is 11.6. The van der Waals surface area contributed by atoms with Crippen LogP contribution in [-0.2, 0) is 6.42 Å². The number of nitrogens with two attached hydrogens (primary N) is 1. The number of hydrogen-bond acceptors (Lipinski definition) is 5. The molecule has 3 aromatic rings. The number of benzene rings is 1. The van der Waals surface area contributed by atoms with Gasteiger partial charge in [-0.05, 0) is 50.5 Å². The molecule has 5 nitrogen and oxygen atoms in total. The molecule has 2 N–H and O–H groups in total. The molecule has 4 radical (unpaired) electrons. The summed E-state index contributed by atoms with van der Waals surface area (Å²) in [4.78, 5) is 8.69. The maximum absolute atomic E-state index is 14.8. The Labute approximate surface area is 165 Å². The van der Waals surface area contributed by atoms with Crippen LogP contribution in [0, 0.1) is 12.7 Å². The van der Waals surface area contributed by atoms with Gasteiger partial charge in [0, 0.05) is 11.3 Å². The molecule has 0 spiro atoms. The fraction of sp³-hybridized carbons (Fsp3) is 0.278. The second-order valence-electron chi connectivity index (χ2n) is 6.79. The van der Waals surface area contributed by atoms with Crippen molar-refractivity contribution in [3.05, 3.63) is 41.5 Å². The van der Waals surface area contributed by atoms with Gasteiger partial charge in [0.2, 0.25) is 5.95 Å². The second-order valence-corrected chi connectivity index (χ2v) is 7.62. The molecule has 2 heterocycles. The number of thiol groups is 1. The zero-order valence-corrected chi connectivity index (χ0v) is 16.3. The SMILES string of the molecule is [B]C([B])(S)Cc1nc(N)nn2cc(F)c(-c3ccc(N=C(C)C)c(C)c3)c12. The first-order valence-corrected chi connectivity index (χ1v) is 8.76. The molecule has 2 aromatic heterocycles. The molecule has 0 aliphatic rings. The van der Waals surface area contributed by atoms with Crippen LogP contribution >= 0.6 is 12.6 Å². The van der Waals surface area contributed by atoms with Gasteiger partial charge >= 0.3 is 0 Å². The minimum Gasteiger partial charge on any atom is -0.367 e. The Balaban J connectivity index is 2.24. The smallest absolute Gasteiger partial charge is 0.238 e. The van der Waals surface area contributed by atoms with Gasteiger partial charge in [0.1, 0.15) is 0 Å². The molecule has 0 fully saturated rings. The summed E-state index contributed by atoms with van der Waals surface area (Å²) in [5.41, 5.74) is 10.4. The largest absolute Gasteiger partial charge is 0.367 e. The number of anilines is 1. The third-order valence-corrected chi connectivity index (χ3v) is 4.11. The summed E-state index contributed by atoms with van der Waals surface area (Å²) in [5, 5.41) is 4.07. The summed E-state index contributed by atoms with van der Waals surface area (Å²) in [6.45, 7) is 5.77. The van der Waals surface area contributed by atoms with Crippen LogP contribution in [0.25, 0.3) is 16.6 Å². The number of aryl methyl sites for hydroxylation is 1. The number of aromatic nitrogens is 3. The van der Waals surface area contributed by atoms with Crippen molar-refractivity contribution >= 4 is 51.2 Å². The first kappa shape index (κ1) is 19.5. The third kappa shape index (κ3) is 4.18. The van der Waals surface area contributed by atoms with Crippen molar-refractivity contribution in [1.82, 2.24) is 14.6 Å². The summed E-state index contributed by atoms with van der Waals surface area (Å²) in [6.07, 6.45) is 1.34. The molecule has 0 atom stereocenters. The van der Waals surface area contributed by atoms with E-state index in [1.54, 1.807) is 0 Å². The van der Waals surface area contributed by atoms with Crippen LogP contribution in [0.2, 0.25) is 0 Å². The van der Waals surface area contributed by atoms with E-state index in [0.717, 1.165) is 17.0 Å². The zero-order chi connectivity index (χ0) is 19.9. The topological polar surface area (TPSA) is 68.6 Å². The van der Waals surface area contributed by atoms with Crippen molar-refractivity contribution in [3.8, 4) is 11.1 Å². The van der Waals surface area contributed by atoms with Crippen LogP contribution in [0.3, 0.4) is 0 Å². The normalized spacial score (nSPS) is 11.7. The van der Waals surface area contributed by atoms with Gasteiger partial charge in [-0.25, -0.2) is 13.9 Å². The van der Waals surface area contributed by atoms with E-state index in [1.807, 2.05) is 39.0 Å². The van der Waals surface area contributed by atoms with Gasteiger partial charge in [-0.2, -0.15) is 12.6 Å². The fourth-order valence-corrected chi connectivity index (χ4v) is 3.14. The van der Waals surface area contributed by atoms with Crippen molar-refractivity contribution in [2.24, 2.45) is 4.99 Å². The van der Waals surface area contributed by atoms with E-state index < -0.39 is 10.4 Å². The van der Waals surface area contributed by atoms with E-state index in [4.69, 9.17) is 21.4 Å². The van der Waals surface area contributed by atoms with Crippen LogP contribution < -0.4 is 5.73 Å². The van der Waals surface area contributed by atoms with Gasteiger partial charge in [0.05, 0.1) is 38.8 Å². The number of nitrogens with zero attached hydrogens (tertiary/aromatic N) is 4. The Morgan fingerprint density at radius 3 is 2.67 bits per heavy atom. The lowest BCUT2D eigenvalue weighted by Crippen LogP contribution is -2.26. The second kappa shape index (κ2) is 7.03. The average Bonchev–Trinajstić information content (AvgIpc) is 2.83. The lowest BCUT2D eigenvalue weighted by molar-refractivity contribution is 0.628. The zero-order valence-electron chi connectivity index (χ0n) is 15.4. The monoisotopic (exact) mass is 377 g/mol. The molecule has 0 unspecified atom stereocenters. The summed E-state index contributed by atoms with van der Waals surface area (Å²) >= 11 is 4.15. The van der Waals surface area contributed by atoms with Crippen LogP contribution in [0.4, 0.5) is 16.0 Å². The van der Waals surface area contributed by atoms with Gasteiger partial charge in [-0.15, -0.1) is 5.10 Å². The third-order valence-electron chi connectivity index (χ3n) is 3.95. The molecule has 0 amide bonds. The lowest BCUT2D eigenvalue weighted by atomic mass is 9.67. The molecule has 0 aliphatic heterocycles. The van der Waals surface area contributed by atoms with E-state index in [1.165, 1.54) is 10.7 Å². The quantitative estimate of drug-likeness (QED) is 0.417. The number of halogens is 1. The number of nitrogen functional groups attached to an aromatic ring is 1. The van der Waals surface area contributed by atoms with Crippen LogP contribution in [-0.4, -0.2) is 40.5 Å². The van der Waals surface area contributed by atoms with Crippen molar-refractivity contribution in [2.75, 3.05) is 5.73 Å². The Kier molecular flexibility index (Phi) is 5.08. The lowest BCUT2D eigenvalue weighted by Gasteiger charge is -2.18. The van der Waals surface area contributed by atoms with Crippen molar-refractivity contribution in [2.45, 2.75) is 31.7 Å². The summed E-state index contributed by atoms with van der Waals surface area (Å²) in [6, 6.07) is 5.54. The molecular weight excluding hydrogens is 359 g/mol. The van der Waals surface area contributed by atoms with Gasteiger partial charge in [-0.1, -0.05) is 10.6 Å². The maximum atomic E-state index is 14.8. The Hall–Kier alpha value is -2.28. The summed E-state index contributed by atoms with van der Waals surface area (Å²) < 4.78 is 14.9. The van der Waals surface area contributed by atoms with E-state index in [9.17, 15) is 4.39 Å². The summed E-state index contributed by atoms with van der Waals surface area (Å²) in [5.74, 6) is -0.451. The molecule has 0 saturated heterocycles. The molecule has 3 rings (SSSR count). The number of aliphatic imine (C=N–C) groups is 1. The highest BCUT2D eigenvalue weighted by atomic mass is 32.1. The molecular formula is C18H18B2FN5S. The molecule has 9 heteroatoms. The highest BCUT2D eigenvalue weighted by Gasteiger charge is 2.22. The number of rotatable bonds is 4. The molecule has 0 bridgehead atoms. The van der Waals surface area contributed by atoms with Gasteiger partial charge in [0.25, 0.3) is 0 Å². The minimum atomic E-state index is -1.33. The molecule has 0 saturated carbocycles. The van der Waals surface area contributed by atoms with E-state index >= 15 is 0 Å². The van der Waals surface area contributed by atoms with Crippen molar-refractivity contribution in [1.29, 1.82) is 0 Å². The van der Waals surface area contributed by atoms with Crippen LogP contribution in [0.1, 0.15) is 25.1 Å². The van der Waals surface area contributed by atoms with Crippen molar-refractivity contribution in [3.63, 3.8) is 0 Å². The van der Waals surface area contributed by atoms with Gasteiger partial charge in [0.15, 0.2) is 5.82 Å². The Morgan fingerprint density at radius 2 is 2.07 bits per heavy atom. The molecule has 134 valence electrons. The van der Waals surface area contributed by atoms with Gasteiger partial charge < -0.3 is 5.73 Å². The van der Waals surface area contributed by atoms with Crippen LogP contribution in [0.15, 0.2) is 29.4 Å². The number of hydrogen-bond donors (Lipinski definition) is 2. The Morgan fingerprint density at radius 1 is 1.37 bits per heavy atom. The molecule has 0 aliphatic carbocycles. The maximum Gasteiger partial charge on any atom is 0.238 e. The average molecular weight is 377 g/mol. The number of fused-ring (bicyclic) bond motifs is 1. The minimum absolute atomic E-state index is 0.00378. The first-order chi connectivity index (χ1) is 12.5. The standard InChI is InChI=1S/C18H18B2FN5S/c1-9(2)23-13-5-4-11(6-10(13)3)15-12(21)8-26-16(15)14(7-18(19,20)27)24-17(22)25-26/h4-6,8,27H,7H2,1-3H3,(H2,22,25). The van der Waals surface area contributed by atoms with Gasteiger partial charge in [-0.3, -0.25) is 4.99 Å². The predicted octanol–water partition coefficient (Wildman–Crippen LogP) is 3.00. The first-order valence-electron chi connectivity index (χ1n) is 8.31. The van der Waals surface area contributed by atoms with E-state index in [-0.39, 0.29) is 12.4 Å².